The molecule has 0 aromatic heterocycles. The van der Waals surface area contributed by atoms with E-state index in [-0.39, 0.29) is 29.8 Å². The van der Waals surface area contributed by atoms with Crippen molar-refractivity contribution in [3.63, 3.8) is 0 Å². The van der Waals surface area contributed by atoms with E-state index in [9.17, 15) is 5.11 Å². The Balaban J connectivity index is 0.00000225. The van der Waals surface area contributed by atoms with Crippen molar-refractivity contribution in [2.24, 2.45) is 0 Å². The van der Waals surface area contributed by atoms with Crippen molar-refractivity contribution in [3.05, 3.63) is 27.7 Å². The van der Waals surface area contributed by atoms with Gasteiger partial charge in [0.15, 0.2) is 0 Å². The van der Waals surface area contributed by atoms with Gasteiger partial charge < -0.3 is 15.5 Å². The van der Waals surface area contributed by atoms with Crippen LogP contribution in [0.25, 0.3) is 0 Å². The molecular formula is C10H14Cl3NO2. The first-order chi connectivity index (χ1) is 7.15. The molecule has 0 aliphatic heterocycles. The number of aromatic hydroxyl groups is 1. The highest BCUT2D eigenvalue weighted by Crippen LogP contribution is 2.30. The van der Waals surface area contributed by atoms with Crippen molar-refractivity contribution in [1.29, 1.82) is 0 Å². The lowest BCUT2D eigenvalue weighted by atomic mass is 10.2. The van der Waals surface area contributed by atoms with Gasteiger partial charge in [0.05, 0.1) is 5.02 Å². The van der Waals surface area contributed by atoms with Gasteiger partial charge in [-0.05, 0) is 25.1 Å². The molecule has 1 rings (SSSR count). The summed E-state index contributed by atoms with van der Waals surface area (Å²) in [6.45, 7) is 1.31. The monoisotopic (exact) mass is 285 g/mol. The van der Waals surface area contributed by atoms with Crippen LogP contribution in [0.3, 0.4) is 0 Å². The Morgan fingerprint density at radius 3 is 2.56 bits per heavy atom. The van der Waals surface area contributed by atoms with Gasteiger partial charge in [0, 0.05) is 23.7 Å². The quantitative estimate of drug-likeness (QED) is 0.729. The molecule has 1 aromatic rings. The minimum Gasteiger partial charge on any atom is -0.506 e. The zero-order valence-electron chi connectivity index (χ0n) is 8.54. The van der Waals surface area contributed by atoms with E-state index in [1.165, 1.54) is 6.07 Å². The average Bonchev–Trinajstić information content (AvgIpc) is 2.19. The van der Waals surface area contributed by atoms with Crippen LogP contribution in [-0.2, 0) is 6.54 Å². The van der Waals surface area contributed by atoms with Crippen LogP contribution in [0.5, 0.6) is 5.75 Å². The number of halogens is 3. The first-order valence-corrected chi connectivity index (χ1v) is 5.39. The standard InChI is InChI=1S/C10H13Cl2NO2.ClH/c11-8-4-7(6-13-2-1-3-14)10(15)9(12)5-8;/h4-5,13-15H,1-3,6H2;1H. The van der Waals surface area contributed by atoms with Crippen molar-refractivity contribution in [2.75, 3.05) is 13.2 Å². The first-order valence-electron chi connectivity index (χ1n) is 4.63. The van der Waals surface area contributed by atoms with E-state index in [1.807, 2.05) is 0 Å². The van der Waals surface area contributed by atoms with Gasteiger partial charge in [0.2, 0.25) is 0 Å². The van der Waals surface area contributed by atoms with Gasteiger partial charge in [-0.2, -0.15) is 0 Å². The fourth-order valence-electron chi connectivity index (χ4n) is 1.18. The number of benzene rings is 1. The lowest BCUT2D eigenvalue weighted by molar-refractivity contribution is 0.286. The van der Waals surface area contributed by atoms with Crippen LogP contribution in [-0.4, -0.2) is 23.4 Å². The van der Waals surface area contributed by atoms with Crippen LogP contribution in [0.2, 0.25) is 10.0 Å². The molecule has 0 spiro atoms. The van der Waals surface area contributed by atoms with Crippen LogP contribution in [0.1, 0.15) is 12.0 Å². The normalized spacial score (nSPS) is 9.94. The van der Waals surface area contributed by atoms with Crippen molar-refractivity contribution in [1.82, 2.24) is 5.32 Å². The summed E-state index contributed by atoms with van der Waals surface area (Å²) in [7, 11) is 0. The van der Waals surface area contributed by atoms with E-state index >= 15 is 0 Å². The van der Waals surface area contributed by atoms with E-state index in [2.05, 4.69) is 5.32 Å². The fourth-order valence-corrected chi connectivity index (χ4v) is 1.72. The maximum Gasteiger partial charge on any atom is 0.138 e. The number of phenols is 1. The second-order valence-electron chi connectivity index (χ2n) is 3.15. The first kappa shape index (κ1) is 15.8. The summed E-state index contributed by atoms with van der Waals surface area (Å²) in [6.07, 6.45) is 0.676. The van der Waals surface area contributed by atoms with E-state index in [0.29, 0.717) is 30.1 Å². The maximum absolute atomic E-state index is 9.60. The Morgan fingerprint density at radius 1 is 1.25 bits per heavy atom. The second kappa shape index (κ2) is 7.98. The fraction of sp³-hybridized carbons (Fsp3) is 0.400. The summed E-state index contributed by atoms with van der Waals surface area (Å²) in [6, 6.07) is 3.16. The highest BCUT2D eigenvalue weighted by Gasteiger charge is 2.06. The summed E-state index contributed by atoms with van der Waals surface area (Å²) < 4.78 is 0. The Labute approximate surface area is 111 Å². The van der Waals surface area contributed by atoms with Gasteiger partial charge in [-0.3, -0.25) is 0 Å². The van der Waals surface area contributed by atoms with Crippen molar-refractivity contribution in [2.45, 2.75) is 13.0 Å². The van der Waals surface area contributed by atoms with Gasteiger partial charge in [-0.15, -0.1) is 12.4 Å². The van der Waals surface area contributed by atoms with Gasteiger partial charge in [-0.1, -0.05) is 23.2 Å². The van der Waals surface area contributed by atoms with E-state index < -0.39 is 0 Å². The van der Waals surface area contributed by atoms with Gasteiger partial charge >= 0.3 is 0 Å². The topological polar surface area (TPSA) is 52.5 Å². The molecule has 1 aromatic carbocycles. The number of rotatable bonds is 5. The predicted molar refractivity (Wildman–Crippen MR) is 68.8 cm³/mol. The molecule has 0 saturated carbocycles. The maximum atomic E-state index is 9.60. The molecule has 0 heterocycles. The lowest BCUT2D eigenvalue weighted by Crippen LogP contribution is -2.15. The van der Waals surface area contributed by atoms with Crippen LogP contribution in [0.15, 0.2) is 12.1 Å². The molecule has 92 valence electrons. The Morgan fingerprint density at radius 2 is 1.94 bits per heavy atom. The number of hydrogen-bond donors (Lipinski definition) is 3. The summed E-state index contributed by atoms with van der Waals surface area (Å²) in [5, 5.41) is 22.0. The third-order valence-corrected chi connectivity index (χ3v) is 2.44. The molecule has 0 fully saturated rings. The van der Waals surface area contributed by atoms with Gasteiger partial charge in [0.1, 0.15) is 5.75 Å². The molecule has 0 atom stereocenters. The largest absolute Gasteiger partial charge is 0.506 e. The summed E-state index contributed by atoms with van der Waals surface area (Å²) in [5.74, 6) is 0.0533. The molecule has 0 bridgehead atoms. The minimum absolute atomic E-state index is 0. The zero-order valence-corrected chi connectivity index (χ0v) is 10.9. The Hall–Kier alpha value is -0.190. The number of nitrogens with one attached hydrogen (secondary N) is 1. The van der Waals surface area contributed by atoms with Crippen LogP contribution < -0.4 is 5.32 Å². The van der Waals surface area contributed by atoms with Crippen molar-refractivity contribution >= 4 is 35.6 Å². The molecule has 0 saturated heterocycles. The number of phenolic OH excluding ortho intramolecular Hbond substituents is 1. The number of aliphatic hydroxyl groups is 1. The van der Waals surface area contributed by atoms with Crippen LogP contribution in [0, 0.1) is 0 Å². The molecule has 3 N–H and O–H groups in total. The van der Waals surface area contributed by atoms with Crippen LogP contribution >= 0.6 is 35.6 Å². The smallest absolute Gasteiger partial charge is 0.138 e. The van der Waals surface area contributed by atoms with Gasteiger partial charge in [0.25, 0.3) is 0 Å². The van der Waals surface area contributed by atoms with Crippen molar-refractivity contribution in [3.8, 4) is 5.75 Å². The second-order valence-corrected chi connectivity index (χ2v) is 3.99. The molecule has 0 aliphatic rings. The minimum atomic E-state index is 0. The molecule has 0 amide bonds. The summed E-state index contributed by atoms with van der Waals surface area (Å²) >= 11 is 11.6. The Kier molecular flexibility index (Phi) is 7.89. The highest BCUT2D eigenvalue weighted by molar-refractivity contribution is 6.35. The van der Waals surface area contributed by atoms with Crippen LogP contribution in [0.4, 0.5) is 0 Å². The van der Waals surface area contributed by atoms with Crippen molar-refractivity contribution < 1.29 is 10.2 Å². The molecule has 0 unspecified atom stereocenters. The number of hydrogen-bond acceptors (Lipinski definition) is 3. The molecule has 3 nitrogen and oxygen atoms in total. The molecule has 0 radical (unpaired) electrons. The average molecular weight is 287 g/mol. The molecule has 16 heavy (non-hydrogen) atoms. The molecule has 0 aliphatic carbocycles. The Bertz CT molecular complexity index is 334. The van der Waals surface area contributed by atoms with E-state index in [4.69, 9.17) is 28.3 Å². The highest BCUT2D eigenvalue weighted by atomic mass is 35.5. The van der Waals surface area contributed by atoms with Gasteiger partial charge in [-0.25, -0.2) is 0 Å². The third-order valence-electron chi connectivity index (χ3n) is 1.93. The lowest BCUT2D eigenvalue weighted by Gasteiger charge is -2.08. The predicted octanol–water partition coefficient (Wildman–Crippen LogP) is 2.59. The summed E-state index contributed by atoms with van der Waals surface area (Å²) in [5.41, 5.74) is 0.658. The SMILES string of the molecule is Cl.OCCCNCc1cc(Cl)cc(Cl)c1O. The molecule has 6 heteroatoms. The van der Waals surface area contributed by atoms with E-state index in [1.54, 1.807) is 6.07 Å². The third kappa shape index (κ3) is 4.76. The molecular weight excluding hydrogens is 272 g/mol. The van der Waals surface area contributed by atoms with E-state index in [0.717, 1.165) is 0 Å². The summed E-state index contributed by atoms with van der Waals surface area (Å²) in [4.78, 5) is 0. The number of aliphatic hydroxyl groups excluding tert-OH is 1. The zero-order chi connectivity index (χ0) is 11.3.